The molecule has 3 aliphatic rings. The van der Waals surface area contributed by atoms with Crippen LogP contribution < -0.4 is 16.6 Å². The van der Waals surface area contributed by atoms with Crippen LogP contribution in [0.4, 0.5) is 4.79 Å². The second kappa shape index (κ2) is 18.5. The summed E-state index contributed by atoms with van der Waals surface area (Å²) in [5, 5.41) is 16.3. The maximum Gasteiger partial charge on any atom is 0.407 e. The summed E-state index contributed by atoms with van der Waals surface area (Å²) in [6.07, 6.45) is 6.19. The first-order valence-electron chi connectivity index (χ1n) is 17.4. The third-order valence-corrected chi connectivity index (χ3v) is 10.6. The van der Waals surface area contributed by atoms with Gasteiger partial charge in [0.05, 0.1) is 44.0 Å². The third kappa shape index (κ3) is 10.5. The number of aromatic amines is 1. The van der Waals surface area contributed by atoms with Gasteiger partial charge in [0, 0.05) is 45.5 Å². The van der Waals surface area contributed by atoms with Gasteiger partial charge in [0.15, 0.2) is 0 Å². The predicted octanol–water partition coefficient (Wildman–Crippen LogP) is 4.29. The van der Waals surface area contributed by atoms with Crippen LogP contribution in [0.15, 0.2) is 21.9 Å². The quantitative estimate of drug-likeness (QED) is 0.130. The molecule has 3 N–H and O–H groups in total. The lowest BCUT2D eigenvalue weighted by atomic mass is 10.1. The minimum Gasteiger partial charge on any atom is -0.449 e. The van der Waals surface area contributed by atoms with Crippen LogP contribution in [0.3, 0.4) is 0 Å². The molecule has 0 bridgehead atoms. The number of nitrogens with one attached hydrogen (secondary N) is 2. The fourth-order valence-corrected chi connectivity index (χ4v) is 7.97. The van der Waals surface area contributed by atoms with Crippen molar-refractivity contribution in [2.45, 2.75) is 104 Å². The van der Waals surface area contributed by atoms with Crippen LogP contribution in [0.2, 0.25) is 0 Å². The lowest BCUT2D eigenvalue weighted by molar-refractivity contribution is -0.0439. The molecule has 1 aromatic heterocycles. The first-order chi connectivity index (χ1) is 23.6. The van der Waals surface area contributed by atoms with E-state index in [1.54, 1.807) is 6.08 Å². The van der Waals surface area contributed by atoms with Crippen molar-refractivity contribution in [2.75, 3.05) is 26.4 Å². The van der Waals surface area contributed by atoms with E-state index in [1.807, 2.05) is 27.7 Å². The molecule has 0 spiro atoms. The standard InChI is InChI=1S/C32H46N5O8P.CH4/c1-21(2)37(22(3)4)46(43-16-10-14-33)45-27-17-29(44-28(27)19-38)36-18-23(30(39)35-31(36)40)11-9-15-34-32(41)42-20-26-24-12-7-5-6-8-13-25(24)26;/h9,11,18,21-22,24-29,38H,7-8,10,12-13,15-17,19-20H2,1-4H3,(H,34,41)(H,35,39,40);1H4/b11-9+;/t24-,25+,26?,27?,28-,29-,46?;/m1./s1/i38D;1T. The molecule has 2 fully saturated rings. The number of amides is 1. The SMILES string of the molecule is [2H]OC[C@H]1O[C@@H](n2cc(/C=C/CNC(=O)OCC3[C@H]4CCC#CCC[C@@H]34)c(=O)[nH]c2=O)CC1OP(OCCC#N)N(C(C)C)C(C)C.[3H]C. The normalized spacial score (nSPS) is 26.1. The summed E-state index contributed by atoms with van der Waals surface area (Å²) < 4.78 is 40.4. The number of ether oxygens (including phenoxy) is 2. The molecular formula is C33H50N5O8P. The summed E-state index contributed by atoms with van der Waals surface area (Å²) in [7, 11) is -0.365. The topological polar surface area (TPSA) is 168 Å². The Bertz CT molecular complexity index is 1430. The lowest BCUT2D eigenvalue weighted by Gasteiger charge is -2.37. The summed E-state index contributed by atoms with van der Waals surface area (Å²) in [6.45, 7) is 8.67. The maximum absolute atomic E-state index is 12.9. The number of aliphatic hydroxyl groups excluding tert-OH is 1. The maximum atomic E-state index is 12.9. The Balaban J connectivity index is 0.00000319. The van der Waals surface area contributed by atoms with Gasteiger partial charge in [-0.05, 0) is 58.3 Å². The van der Waals surface area contributed by atoms with Gasteiger partial charge in [0.2, 0.25) is 1.43 Å². The van der Waals surface area contributed by atoms with E-state index in [0.29, 0.717) is 24.4 Å². The van der Waals surface area contributed by atoms with Crippen LogP contribution in [0.25, 0.3) is 6.08 Å². The second-order valence-corrected chi connectivity index (χ2v) is 13.7. The van der Waals surface area contributed by atoms with E-state index in [0.717, 1.165) is 25.7 Å². The molecule has 13 nitrogen and oxygen atoms in total. The molecule has 3 unspecified atom stereocenters. The van der Waals surface area contributed by atoms with Crippen LogP contribution in [0, 0.1) is 40.9 Å². The highest BCUT2D eigenvalue weighted by molar-refractivity contribution is 7.44. The van der Waals surface area contributed by atoms with E-state index in [1.165, 1.54) is 24.2 Å². The van der Waals surface area contributed by atoms with Crippen LogP contribution in [0.5, 0.6) is 0 Å². The third-order valence-electron chi connectivity index (χ3n) is 8.45. The highest BCUT2D eigenvalue weighted by atomic mass is 31.2. The van der Waals surface area contributed by atoms with E-state index in [4.69, 9.17) is 26.6 Å². The number of alkyl carbamates (subject to hydrolysis) is 1. The van der Waals surface area contributed by atoms with Crippen LogP contribution in [-0.2, 0) is 18.5 Å². The molecule has 1 saturated heterocycles. The number of nitriles is 1. The average Bonchev–Trinajstić information content (AvgIpc) is 3.53. The first kappa shape index (κ1) is 35.3. The largest absolute Gasteiger partial charge is 0.449 e. The molecule has 1 aromatic rings. The van der Waals surface area contributed by atoms with Gasteiger partial charge in [-0.1, -0.05) is 19.6 Å². The van der Waals surface area contributed by atoms with Crippen molar-refractivity contribution < 1.29 is 29.8 Å². The van der Waals surface area contributed by atoms with Crippen LogP contribution in [0.1, 0.15) is 86.8 Å². The van der Waals surface area contributed by atoms with E-state index in [9.17, 15) is 14.4 Å². The Morgan fingerprint density at radius 1 is 1.34 bits per heavy atom. The highest BCUT2D eigenvalue weighted by Crippen LogP contribution is 2.52. The summed E-state index contributed by atoms with van der Waals surface area (Å²) in [5.41, 5.74) is -1.07. The van der Waals surface area contributed by atoms with Crippen molar-refractivity contribution in [1.82, 2.24) is 19.5 Å². The molecule has 4 rings (SSSR count). The molecule has 0 radical (unpaired) electrons. The van der Waals surface area contributed by atoms with Gasteiger partial charge in [-0.3, -0.25) is 14.3 Å². The van der Waals surface area contributed by atoms with Crippen molar-refractivity contribution >= 4 is 20.7 Å². The van der Waals surface area contributed by atoms with Gasteiger partial charge in [0.25, 0.3) is 14.1 Å². The molecule has 14 heteroatoms. The second-order valence-electron chi connectivity index (χ2n) is 12.3. The highest BCUT2D eigenvalue weighted by Gasteiger charge is 2.49. The number of hydrogen-bond acceptors (Lipinski definition) is 10. The minimum atomic E-state index is -1.62. The molecule has 47 heavy (non-hydrogen) atoms. The molecule has 2 heterocycles. The number of aliphatic hydroxyl groups is 1. The van der Waals surface area contributed by atoms with Crippen molar-refractivity contribution in [3.63, 3.8) is 0 Å². The number of aromatic nitrogens is 2. The van der Waals surface area contributed by atoms with Crippen LogP contribution in [-0.4, -0.2) is 77.5 Å². The lowest BCUT2D eigenvalue weighted by Crippen LogP contribution is -2.36. The predicted molar refractivity (Wildman–Crippen MR) is 179 cm³/mol. The van der Waals surface area contributed by atoms with Crippen molar-refractivity contribution in [3.05, 3.63) is 38.7 Å². The molecule has 1 aliphatic heterocycles. The molecule has 1 saturated carbocycles. The summed E-state index contributed by atoms with van der Waals surface area (Å²) in [6, 6.07) is 2.23. The van der Waals surface area contributed by atoms with E-state index < -0.39 is 44.3 Å². The average molecular weight is 679 g/mol. The monoisotopic (exact) mass is 678 g/mol. The number of carbonyl (C=O) groups is 1. The fraction of sp³-hybridized carbons (Fsp3) is 0.697. The molecule has 1 amide bonds. The molecule has 0 aromatic carbocycles. The van der Waals surface area contributed by atoms with Gasteiger partial charge in [-0.15, -0.1) is 11.8 Å². The Hall–Kier alpha value is -3.03. The summed E-state index contributed by atoms with van der Waals surface area (Å²) >= 11 is 0. The summed E-state index contributed by atoms with van der Waals surface area (Å²) in [4.78, 5) is 40.1. The van der Waals surface area contributed by atoms with Crippen molar-refractivity contribution in [2.24, 2.45) is 17.8 Å². The Morgan fingerprint density at radius 3 is 2.68 bits per heavy atom. The van der Waals surface area contributed by atoms with Gasteiger partial charge in [-0.2, -0.15) is 5.26 Å². The van der Waals surface area contributed by atoms with Crippen LogP contribution >= 0.6 is 8.53 Å². The van der Waals surface area contributed by atoms with Gasteiger partial charge in [-0.25, -0.2) is 14.3 Å². The van der Waals surface area contributed by atoms with E-state index in [-0.39, 0.29) is 50.2 Å². The Labute approximate surface area is 281 Å². The number of nitrogens with zero attached hydrogens (tertiary/aromatic N) is 3. The first-order valence-corrected chi connectivity index (χ1v) is 17.1. The molecule has 7 atom stereocenters. The fourth-order valence-electron chi connectivity index (χ4n) is 6.21. The van der Waals surface area contributed by atoms with Gasteiger partial charge >= 0.3 is 11.8 Å². The zero-order chi connectivity index (χ0) is 35.9. The zero-order valence-electron chi connectivity index (χ0n) is 30.0. The smallest absolute Gasteiger partial charge is 0.407 e. The molecule has 260 valence electrons. The Kier molecular flexibility index (Phi) is 13.9. The Morgan fingerprint density at radius 2 is 2.04 bits per heavy atom. The molecule has 2 aliphatic carbocycles. The van der Waals surface area contributed by atoms with E-state index in [2.05, 4.69) is 38.0 Å². The molecular weight excluding hydrogens is 625 g/mol. The number of fused-ring (bicyclic) bond motifs is 1. The zero-order valence-corrected chi connectivity index (χ0v) is 28.9. The number of carbonyl (C=O) groups excluding carboxylic acids is 1. The number of hydrogen-bond donors (Lipinski definition) is 3. The summed E-state index contributed by atoms with van der Waals surface area (Å²) in [5.74, 6) is 7.91. The van der Waals surface area contributed by atoms with Gasteiger partial charge in [0.1, 0.15) is 12.3 Å². The number of H-pyrrole nitrogens is 1. The number of rotatable bonds is 16. The van der Waals surface area contributed by atoms with E-state index >= 15 is 0 Å². The van der Waals surface area contributed by atoms with Crippen molar-refractivity contribution in [1.29, 1.82) is 6.69 Å². The minimum absolute atomic E-state index is 0.0759. The van der Waals surface area contributed by atoms with Gasteiger partial charge < -0.3 is 28.9 Å². The van der Waals surface area contributed by atoms with Crippen molar-refractivity contribution in [3.8, 4) is 17.9 Å².